The summed E-state index contributed by atoms with van der Waals surface area (Å²) in [7, 11) is 0. The summed E-state index contributed by atoms with van der Waals surface area (Å²) in [5.41, 5.74) is 0.676. The molecular formula is C11H10Br2ClNO2. The number of ether oxygens (including phenoxy) is 1. The zero-order valence-corrected chi connectivity index (χ0v) is 12.7. The molecule has 92 valence electrons. The second-order valence-electron chi connectivity index (χ2n) is 3.74. The molecule has 1 N–H and O–H groups in total. The normalized spacial score (nSPS) is 19.4. The number of benzene rings is 1. The molecule has 1 atom stereocenters. The van der Waals surface area contributed by atoms with Crippen LogP contribution in [0.25, 0.3) is 0 Å². The Bertz CT molecular complexity index is 424. The SMILES string of the molecule is O=C(Nc1c(Br)cc(Cl)cc1Br)[C@H]1CCCO1. The van der Waals surface area contributed by atoms with Gasteiger partial charge >= 0.3 is 0 Å². The van der Waals surface area contributed by atoms with Crippen molar-refractivity contribution in [3.63, 3.8) is 0 Å². The second-order valence-corrected chi connectivity index (χ2v) is 5.88. The van der Waals surface area contributed by atoms with Crippen LogP contribution in [0.4, 0.5) is 5.69 Å². The van der Waals surface area contributed by atoms with Crippen LogP contribution in [0.3, 0.4) is 0 Å². The van der Waals surface area contributed by atoms with Crippen molar-refractivity contribution in [1.29, 1.82) is 0 Å². The van der Waals surface area contributed by atoms with Gasteiger partial charge in [0.05, 0.1) is 5.69 Å². The van der Waals surface area contributed by atoms with Gasteiger partial charge in [-0.25, -0.2) is 0 Å². The molecule has 1 amide bonds. The summed E-state index contributed by atoms with van der Waals surface area (Å²) in [4.78, 5) is 11.9. The molecule has 17 heavy (non-hydrogen) atoms. The summed E-state index contributed by atoms with van der Waals surface area (Å²) in [6, 6.07) is 3.47. The number of carbonyl (C=O) groups excluding carboxylic acids is 1. The number of rotatable bonds is 2. The minimum Gasteiger partial charge on any atom is -0.368 e. The van der Waals surface area contributed by atoms with Crippen molar-refractivity contribution in [2.45, 2.75) is 18.9 Å². The topological polar surface area (TPSA) is 38.3 Å². The fraction of sp³-hybridized carbons (Fsp3) is 0.364. The van der Waals surface area contributed by atoms with Crippen molar-refractivity contribution in [2.24, 2.45) is 0 Å². The molecule has 1 heterocycles. The fourth-order valence-corrected chi connectivity index (χ4v) is 3.52. The van der Waals surface area contributed by atoms with E-state index in [0.29, 0.717) is 17.3 Å². The van der Waals surface area contributed by atoms with Gasteiger partial charge in [0.1, 0.15) is 6.10 Å². The highest BCUT2D eigenvalue weighted by molar-refractivity contribution is 9.11. The van der Waals surface area contributed by atoms with Gasteiger partial charge in [0, 0.05) is 20.6 Å². The average Bonchev–Trinajstić information content (AvgIpc) is 2.76. The van der Waals surface area contributed by atoms with E-state index in [-0.39, 0.29) is 12.0 Å². The van der Waals surface area contributed by atoms with Crippen molar-refractivity contribution in [3.05, 3.63) is 26.1 Å². The highest BCUT2D eigenvalue weighted by Crippen LogP contribution is 2.34. The Labute approximate surface area is 121 Å². The number of hydrogen-bond acceptors (Lipinski definition) is 2. The number of amides is 1. The minimum absolute atomic E-state index is 0.119. The van der Waals surface area contributed by atoms with Crippen LogP contribution in [0.1, 0.15) is 12.8 Å². The maximum absolute atomic E-state index is 11.9. The smallest absolute Gasteiger partial charge is 0.253 e. The van der Waals surface area contributed by atoms with Crippen LogP contribution >= 0.6 is 43.5 Å². The van der Waals surface area contributed by atoms with Crippen LogP contribution in [0.2, 0.25) is 5.02 Å². The van der Waals surface area contributed by atoms with E-state index in [2.05, 4.69) is 37.2 Å². The molecular weight excluding hydrogens is 373 g/mol. The predicted molar refractivity (Wildman–Crippen MR) is 74.5 cm³/mol. The Morgan fingerprint density at radius 2 is 2.06 bits per heavy atom. The van der Waals surface area contributed by atoms with E-state index in [1.807, 2.05) is 0 Å². The second kappa shape index (κ2) is 5.69. The number of carbonyl (C=O) groups is 1. The van der Waals surface area contributed by atoms with Crippen molar-refractivity contribution in [2.75, 3.05) is 11.9 Å². The summed E-state index contributed by atoms with van der Waals surface area (Å²) < 4.78 is 6.80. The maximum Gasteiger partial charge on any atom is 0.253 e. The standard InChI is InChI=1S/C11H10Br2ClNO2/c12-7-4-6(14)5-8(13)10(7)15-11(16)9-2-1-3-17-9/h4-5,9H,1-3H2,(H,15,16)/t9-/m1/s1. The van der Waals surface area contributed by atoms with Crippen molar-refractivity contribution in [3.8, 4) is 0 Å². The number of hydrogen-bond donors (Lipinski definition) is 1. The average molecular weight is 383 g/mol. The molecule has 0 aliphatic carbocycles. The summed E-state index contributed by atoms with van der Waals surface area (Å²) in [5, 5.41) is 3.43. The third kappa shape index (κ3) is 3.22. The van der Waals surface area contributed by atoms with Gasteiger partial charge in [0.25, 0.3) is 5.91 Å². The quantitative estimate of drug-likeness (QED) is 0.839. The van der Waals surface area contributed by atoms with Gasteiger partial charge in [0.15, 0.2) is 0 Å². The Hall–Kier alpha value is -0.100. The maximum atomic E-state index is 11.9. The van der Waals surface area contributed by atoms with Crippen LogP contribution in [-0.2, 0) is 9.53 Å². The van der Waals surface area contributed by atoms with E-state index in [4.69, 9.17) is 16.3 Å². The highest BCUT2D eigenvalue weighted by atomic mass is 79.9. The van der Waals surface area contributed by atoms with Crippen LogP contribution in [0.5, 0.6) is 0 Å². The Morgan fingerprint density at radius 3 is 2.59 bits per heavy atom. The van der Waals surface area contributed by atoms with Gasteiger partial charge in [-0.2, -0.15) is 0 Å². The molecule has 1 aromatic carbocycles. The molecule has 1 aliphatic rings. The summed E-state index contributed by atoms with van der Waals surface area (Å²) in [5.74, 6) is -0.119. The van der Waals surface area contributed by atoms with Crippen LogP contribution in [0.15, 0.2) is 21.1 Å². The lowest BCUT2D eigenvalue weighted by Gasteiger charge is -2.13. The lowest BCUT2D eigenvalue weighted by atomic mass is 10.2. The molecule has 2 rings (SSSR count). The Balaban J connectivity index is 2.15. The monoisotopic (exact) mass is 381 g/mol. The molecule has 0 spiro atoms. The predicted octanol–water partition coefficient (Wildman–Crippen LogP) is 3.98. The summed E-state index contributed by atoms with van der Waals surface area (Å²) in [6.07, 6.45) is 1.36. The third-order valence-corrected chi connectivity index (χ3v) is 3.95. The van der Waals surface area contributed by atoms with E-state index in [9.17, 15) is 4.79 Å². The zero-order valence-electron chi connectivity index (χ0n) is 8.80. The van der Waals surface area contributed by atoms with Gasteiger partial charge in [-0.15, -0.1) is 0 Å². The largest absolute Gasteiger partial charge is 0.368 e. The molecule has 1 saturated heterocycles. The van der Waals surface area contributed by atoms with Crippen molar-refractivity contribution >= 4 is 55.1 Å². The zero-order chi connectivity index (χ0) is 12.4. The fourth-order valence-electron chi connectivity index (χ4n) is 1.65. The first-order valence-corrected chi connectivity index (χ1v) is 7.11. The molecule has 1 fully saturated rings. The van der Waals surface area contributed by atoms with E-state index < -0.39 is 0 Å². The third-order valence-electron chi connectivity index (χ3n) is 2.48. The Kier molecular flexibility index (Phi) is 4.47. The molecule has 0 bridgehead atoms. The van der Waals surface area contributed by atoms with Gasteiger partial charge in [-0.1, -0.05) is 11.6 Å². The lowest BCUT2D eigenvalue weighted by Crippen LogP contribution is -2.27. The van der Waals surface area contributed by atoms with Gasteiger partial charge < -0.3 is 10.1 Å². The number of nitrogens with one attached hydrogen (secondary N) is 1. The van der Waals surface area contributed by atoms with Crippen LogP contribution in [-0.4, -0.2) is 18.6 Å². The van der Waals surface area contributed by atoms with Crippen molar-refractivity contribution in [1.82, 2.24) is 0 Å². The molecule has 0 radical (unpaired) electrons. The van der Waals surface area contributed by atoms with E-state index in [1.165, 1.54) is 0 Å². The lowest BCUT2D eigenvalue weighted by molar-refractivity contribution is -0.124. The Morgan fingerprint density at radius 1 is 1.41 bits per heavy atom. The number of anilines is 1. The first-order chi connectivity index (χ1) is 8.08. The molecule has 6 heteroatoms. The van der Waals surface area contributed by atoms with Gasteiger partial charge in [0.2, 0.25) is 0 Å². The first-order valence-electron chi connectivity index (χ1n) is 5.15. The van der Waals surface area contributed by atoms with Crippen LogP contribution in [0, 0.1) is 0 Å². The summed E-state index contributed by atoms with van der Waals surface area (Å²) in [6.45, 7) is 0.654. The van der Waals surface area contributed by atoms with E-state index in [0.717, 1.165) is 21.8 Å². The highest BCUT2D eigenvalue weighted by Gasteiger charge is 2.24. The molecule has 1 aliphatic heterocycles. The van der Waals surface area contributed by atoms with Crippen LogP contribution < -0.4 is 5.32 Å². The number of halogens is 3. The molecule has 3 nitrogen and oxygen atoms in total. The van der Waals surface area contributed by atoms with Crippen molar-refractivity contribution < 1.29 is 9.53 Å². The first kappa shape index (κ1) is 13.3. The van der Waals surface area contributed by atoms with Gasteiger partial charge in [-0.3, -0.25) is 4.79 Å². The molecule has 0 aromatic heterocycles. The molecule has 0 unspecified atom stereocenters. The summed E-state index contributed by atoms with van der Waals surface area (Å²) >= 11 is 12.6. The molecule has 1 aromatic rings. The minimum atomic E-state index is -0.343. The van der Waals surface area contributed by atoms with E-state index >= 15 is 0 Å². The van der Waals surface area contributed by atoms with Gasteiger partial charge in [-0.05, 0) is 56.8 Å². The van der Waals surface area contributed by atoms with E-state index in [1.54, 1.807) is 12.1 Å². The molecule has 0 saturated carbocycles.